The molecular weight excluding hydrogens is 305 g/mol. The van der Waals surface area contributed by atoms with Crippen LogP contribution in [-0.2, 0) is 9.84 Å². The Bertz CT molecular complexity index is 540. The second kappa shape index (κ2) is 7.13. The number of rotatable bonds is 7. The fourth-order valence-corrected chi connectivity index (χ4v) is 2.43. The van der Waals surface area contributed by atoms with Gasteiger partial charge in [-0.25, -0.2) is 8.42 Å². The molecule has 8 heteroatoms. The lowest BCUT2D eigenvalue weighted by Crippen LogP contribution is -2.23. The first kappa shape index (κ1) is 17.8. The zero-order chi connectivity index (χ0) is 16.1. The molecule has 0 saturated carbocycles. The Morgan fingerprint density at radius 2 is 1.67 bits per heavy atom. The lowest BCUT2D eigenvalue weighted by molar-refractivity contribution is -0.0436. The average molecular weight is 324 g/mol. The molecule has 0 spiro atoms. The van der Waals surface area contributed by atoms with Crippen LogP contribution < -0.4 is 5.32 Å². The van der Waals surface area contributed by atoms with Crippen LogP contribution in [0.25, 0.3) is 0 Å². The van der Waals surface area contributed by atoms with Gasteiger partial charge in [0.2, 0.25) is 0 Å². The maximum absolute atomic E-state index is 12.4. The van der Waals surface area contributed by atoms with E-state index in [9.17, 15) is 21.6 Å². The summed E-state index contributed by atoms with van der Waals surface area (Å²) in [5.74, 6) is 0. The zero-order valence-electron chi connectivity index (χ0n) is 11.9. The number of hydrogen-bond donors (Lipinski definition) is 1. The standard InChI is InChI=1S/C13H19F3N2O2S/c1-18(2)10-4-3-9-17-11-5-7-12(8-6-11)21(19,20)13(14,15)16/h5-8,17H,3-4,9-10H2,1-2H3. The van der Waals surface area contributed by atoms with Gasteiger partial charge in [0.05, 0.1) is 4.90 Å². The van der Waals surface area contributed by atoms with E-state index in [1.54, 1.807) is 0 Å². The minimum atomic E-state index is -5.27. The summed E-state index contributed by atoms with van der Waals surface area (Å²) in [5.41, 5.74) is -4.67. The molecule has 1 rings (SSSR count). The normalized spacial score (nSPS) is 12.7. The van der Waals surface area contributed by atoms with Gasteiger partial charge in [-0.3, -0.25) is 0 Å². The van der Waals surface area contributed by atoms with Gasteiger partial charge in [-0.15, -0.1) is 0 Å². The molecule has 4 nitrogen and oxygen atoms in total. The lowest BCUT2D eigenvalue weighted by Gasteiger charge is -2.11. The van der Waals surface area contributed by atoms with Crippen molar-refractivity contribution in [3.8, 4) is 0 Å². The Balaban J connectivity index is 2.56. The van der Waals surface area contributed by atoms with Crippen LogP contribution in [0.15, 0.2) is 29.2 Å². The van der Waals surface area contributed by atoms with Crippen molar-refractivity contribution < 1.29 is 21.6 Å². The molecule has 0 radical (unpaired) electrons. The summed E-state index contributed by atoms with van der Waals surface area (Å²) in [4.78, 5) is 1.32. The topological polar surface area (TPSA) is 49.4 Å². The first-order chi connectivity index (χ1) is 9.64. The second-order valence-corrected chi connectivity index (χ2v) is 6.85. The Kier molecular flexibility index (Phi) is 6.03. The van der Waals surface area contributed by atoms with E-state index in [4.69, 9.17) is 0 Å². The summed E-state index contributed by atoms with van der Waals surface area (Å²) >= 11 is 0. The van der Waals surface area contributed by atoms with E-state index < -0.39 is 20.2 Å². The van der Waals surface area contributed by atoms with Gasteiger partial charge in [0.25, 0.3) is 9.84 Å². The molecule has 0 aromatic heterocycles. The summed E-state index contributed by atoms with van der Waals surface area (Å²) < 4.78 is 59.5. The third kappa shape index (κ3) is 5.20. The molecule has 21 heavy (non-hydrogen) atoms. The first-order valence-electron chi connectivity index (χ1n) is 6.44. The van der Waals surface area contributed by atoms with Crippen molar-refractivity contribution in [2.45, 2.75) is 23.2 Å². The number of halogens is 3. The monoisotopic (exact) mass is 324 g/mol. The number of anilines is 1. The Morgan fingerprint density at radius 3 is 2.14 bits per heavy atom. The Labute approximate surface area is 122 Å². The number of sulfone groups is 1. The highest BCUT2D eigenvalue weighted by atomic mass is 32.2. The van der Waals surface area contributed by atoms with Crippen LogP contribution in [0, 0.1) is 0 Å². The van der Waals surface area contributed by atoms with E-state index in [0.29, 0.717) is 12.2 Å². The number of nitrogens with one attached hydrogen (secondary N) is 1. The number of nitrogens with zero attached hydrogens (tertiary/aromatic N) is 1. The van der Waals surface area contributed by atoms with Gasteiger partial charge < -0.3 is 10.2 Å². The van der Waals surface area contributed by atoms with Crippen molar-refractivity contribution in [2.75, 3.05) is 32.5 Å². The maximum Gasteiger partial charge on any atom is 0.501 e. The number of benzene rings is 1. The second-order valence-electron chi connectivity index (χ2n) is 4.91. The fraction of sp³-hybridized carbons (Fsp3) is 0.538. The van der Waals surface area contributed by atoms with Gasteiger partial charge in [-0.05, 0) is 57.7 Å². The van der Waals surface area contributed by atoms with E-state index in [1.165, 1.54) is 12.1 Å². The van der Waals surface area contributed by atoms with Crippen molar-refractivity contribution in [3.63, 3.8) is 0 Å². The van der Waals surface area contributed by atoms with Gasteiger partial charge in [-0.1, -0.05) is 0 Å². The summed E-state index contributed by atoms with van der Waals surface area (Å²) in [7, 11) is -1.31. The third-order valence-electron chi connectivity index (χ3n) is 2.83. The average Bonchev–Trinajstić information content (AvgIpc) is 2.37. The van der Waals surface area contributed by atoms with Crippen LogP contribution >= 0.6 is 0 Å². The summed E-state index contributed by atoms with van der Waals surface area (Å²) in [6, 6.07) is 4.60. The molecule has 0 bridgehead atoms. The van der Waals surface area contributed by atoms with Gasteiger partial charge >= 0.3 is 5.51 Å². The molecule has 0 aliphatic rings. The van der Waals surface area contributed by atoms with Crippen molar-refractivity contribution in [1.82, 2.24) is 4.90 Å². The molecular formula is C13H19F3N2O2S. The van der Waals surface area contributed by atoms with Gasteiger partial charge in [0.15, 0.2) is 0 Å². The zero-order valence-corrected chi connectivity index (χ0v) is 12.8. The summed E-state index contributed by atoms with van der Waals surface area (Å²) in [5, 5.41) is 3.04. The molecule has 1 aromatic carbocycles. The molecule has 0 atom stereocenters. The van der Waals surface area contributed by atoms with Crippen molar-refractivity contribution >= 4 is 15.5 Å². The highest BCUT2D eigenvalue weighted by Crippen LogP contribution is 2.30. The quantitative estimate of drug-likeness (QED) is 0.784. The van der Waals surface area contributed by atoms with Crippen molar-refractivity contribution in [2.24, 2.45) is 0 Å². The Hall–Kier alpha value is -1.28. The number of hydrogen-bond acceptors (Lipinski definition) is 4. The molecule has 0 aliphatic heterocycles. The van der Waals surface area contributed by atoms with E-state index >= 15 is 0 Å². The van der Waals surface area contributed by atoms with Gasteiger partial charge in [0.1, 0.15) is 0 Å². The lowest BCUT2D eigenvalue weighted by atomic mass is 10.2. The van der Waals surface area contributed by atoms with Crippen molar-refractivity contribution in [1.29, 1.82) is 0 Å². The molecule has 0 heterocycles. The predicted octanol–water partition coefficient (Wildman–Crippen LogP) is 2.73. The van der Waals surface area contributed by atoms with Crippen LogP contribution in [0.3, 0.4) is 0 Å². The van der Waals surface area contributed by atoms with E-state index in [-0.39, 0.29) is 0 Å². The SMILES string of the molecule is CN(C)CCCCNc1ccc(S(=O)(=O)C(F)(F)F)cc1. The summed E-state index contributed by atoms with van der Waals surface area (Å²) in [6.45, 7) is 1.64. The van der Waals surface area contributed by atoms with Crippen LogP contribution in [0.2, 0.25) is 0 Å². The molecule has 120 valence electrons. The fourth-order valence-electron chi connectivity index (χ4n) is 1.67. The minimum Gasteiger partial charge on any atom is -0.385 e. The minimum absolute atomic E-state index is 0.598. The molecule has 0 amide bonds. The van der Waals surface area contributed by atoms with Crippen LogP contribution in [-0.4, -0.2) is 46.0 Å². The highest BCUT2D eigenvalue weighted by molar-refractivity contribution is 7.92. The number of unbranched alkanes of at least 4 members (excludes halogenated alkanes) is 1. The molecule has 1 N–H and O–H groups in total. The largest absolute Gasteiger partial charge is 0.501 e. The molecule has 1 aromatic rings. The smallest absolute Gasteiger partial charge is 0.385 e. The van der Waals surface area contributed by atoms with E-state index in [2.05, 4.69) is 10.2 Å². The molecule has 0 fully saturated rings. The van der Waals surface area contributed by atoms with Gasteiger partial charge in [-0.2, -0.15) is 13.2 Å². The van der Waals surface area contributed by atoms with Crippen molar-refractivity contribution in [3.05, 3.63) is 24.3 Å². The van der Waals surface area contributed by atoms with Crippen LogP contribution in [0.1, 0.15) is 12.8 Å². The Morgan fingerprint density at radius 1 is 1.10 bits per heavy atom. The molecule has 0 saturated heterocycles. The molecule has 0 unspecified atom stereocenters. The highest BCUT2D eigenvalue weighted by Gasteiger charge is 2.46. The third-order valence-corrected chi connectivity index (χ3v) is 4.33. The van der Waals surface area contributed by atoms with E-state index in [0.717, 1.165) is 31.5 Å². The van der Waals surface area contributed by atoms with Gasteiger partial charge in [0, 0.05) is 12.2 Å². The summed E-state index contributed by atoms with van der Waals surface area (Å²) in [6.07, 6.45) is 1.92. The molecule has 0 aliphatic carbocycles. The maximum atomic E-state index is 12.4. The number of alkyl halides is 3. The first-order valence-corrected chi connectivity index (χ1v) is 7.93. The van der Waals surface area contributed by atoms with E-state index in [1.807, 2.05) is 14.1 Å². The van der Waals surface area contributed by atoms with Crippen LogP contribution in [0.5, 0.6) is 0 Å². The predicted molar refractivity (Wildman–Crippen MR) is 76.0 cm³/mol. The van der Waals surface area contributed by atoms with Crippen LogP contribution in [0.4, 0.5) is 18.9 Å².